The van der Waals surface area contributed by atoms with Crippen LogP contribution >= 0.6 is 0 Å². The van der Waals surface area contributed by atoms with Gasteiger partial charge in [-0.3, -0.25) is 4.79 Å². The molecule has 6 unspecified atom stereocenters. The fourth-order valence-corrected chi connectivity index (χ4v) is 5.55. The monoisotopic (exact) mass is 338 g/mol. The molecule has 3 aliphatic rings. The lowest BCUT2D eigenvalue weighted by Crippen LogP contribution is -2.56. The van der Waals surface area contributed by atoms with Crippen molar-refractivity contribution in [2.75, 3.05) is 14.2 Å². The van der Waals surface area contributed by atoms with Crippen molar-refractivity contribution in [1.82, 2.24) is 0 Å². The highest BCUT2D eigenvalue weighted by Gasteiger charge is 2.61. The molecule has 0 aromatic heterocycles. The Morgan fingerprint density at radius 1 is 1.25 bits per heavy atom. The van der Waals surface area contributed by atoms with Crippen LogP contribution in [0.1, 0.15) is 47.0 Å². The minimum atomic E-state index is -0.313. The van der Waals surface area contributed by atoms with Gasteiger partial charge >= 0.3 is 5.97 Å². The normalized spacial score (nSPS) is 43.6. The van der Waals surface area contributed by atoms with E-state index >= 15 is 0 Å². The molecular weight excluding hydrogens is 308 g/mol. The largest absolute Gasteiger partial charge is 0.462 e. The minimum absolute atomic E-state index is 0.0374. The topological polar surface area (TPSA) is 54.0 Å². The minimum Gasteiger partial charge on any atom is -0.462 e. The van der Waals surface area contributed by atoms with E-state index in [4.69, 9.17) is 18.9 Å². The second-order valence-electron chi connectivity index (χ2n) is 8.24. The summed E-state index contributed by atoms with van der Waals surface area (Å²) in [5.41, 5.74) is 1.16. The van der Waals surface area contributed by atoms with Gasteiger partial charge in [-0.05, 0) is 36.2 Å². The summed E-state index contributed by atoms with van der Waals surface area (Å²) in [5, 5.41) is 0. The summed E-state index contributed by atoms with van der Waals surface area (Å²) in [7, 11) is 3.37. The Bertz CT molecular complexity index is 540. The Balaban J connectivity index is 1.97. The van der Waals surface area contributed by atoms with Crippen LogP contribution in [0.3, 0.4) is 0 Å². The first kappa shape index (κ1) is 17.9. The third-order valence-electron chi connectivity index (χ3n) is 6.68. The van der Waals surface area contributed by atoms with E-state index in [0.717, 1.165) is 19.3 Å². The molecule has 1 aliphatic heterocycles. The lowest BCUT2D eigenvalue weighted by Gasteiger charge is -2.58. The zero-order valence-electron chi connectivity index (χ0n) is 15.6. The highest BCUT2D eigenvalue weighted by Crippen LogP contribution is 2.63. The van der Waals surface area contributed by atoms with Crippen LogP contribution in [0, 0.1) is 22.7 Å². The van der Waals surface area contributed by atoms with E-state index in [1.54, 1.807) is 14.2 Å². The maximum absolute atomic E-state index is 11.5. The van der Waals surface area contributed by atoms with Crippen LogP contribution in [0.15, 0.2) is 11.6 Å². The molecule has 136 valence electrons. The van der Waals surface area contributed by atoms with Gasteiger partial charge in [0.2, 0.25) is 0 Å². The second kappa shape index (κ2) is 6.11. The molecule has 0 spiro atoms. The highest BCUT2D eigenvalue weighted by molar-refractivity contribution is 5.66. The SMILES string of the molecule is COC1OC(OC)C2C1=CCC1C(C)(C)C(OC(C)=O)CCC21C. The Morgan fingerprint density at radius 2 is 1.96 bits per heavy atom. The lowest BCUT2D eigenvalue weighted by molar-refractivity contribution is -0.213. The third-order valence-corrected chi connectivity index (χ3v) is 6.68. The maximum atomic E-state index is 11.5. The van der Waals surface area contributed by atoms with Gasteiger partial charge in [-0.25, -0.2) is 0 Å². The standard InChI is InChI=1S/C19H30O5/c1-11(20)23-14-9-10-19(4)13(18(14,2)3)8-7-12-15(19)17(22-6)24-16(12)21-5/h7,13-17H,8-10H2,1-6H3. The molecular formula is C19H30O5. The number of hydrogen-bond donors (Lipinski definition) is 0. The first-order valence-corrected chi connectivity index (χ1v) is 8.84. The van der Waals surface area contributed by atoms with Gasteiger partial charge in [0.1, 0.15) is 6.10 Å². The number of allylic oxidation sites excluding steroid dienone is 1. The van der Waals surface area contributed by atoms with Crippen LogP contribution in [0.25, 0.3) is 0 Å². The van der Waals surface area contributed by atoms with Gasteiger partial charge in [0.25, 0.3) is 0 Å². The zero-order chi connectivity index (χ0) is 17.7. The van der Waals surface area contributed by atoms with Crippen LogP contribution in [0.4, 0.5) is 0 Å². The summed E-state index contributed by atoms with van der Waals surface area (Å²) in [6.45, 7) is 8.30. The van der Waals surface area contributed by atoms with Crippen molar-refractivity contribution in [1.29, 1.82) is 0 Å². The third kappa shape index (κ3) is 2.52. The summed E-state index contributed by atoms with van der Waals surface area (Å²) in [5.74, 6) is 0.389. The molecule has 0 aromatic carbocycles. The molecule has 0 aromatic rings. The number of carbonyl (C=O) groups excluding carboxylic acids is 1. The predicted molar refractivity (Wildman–Crippen MR) is 89.0 cm³/mol. The first-order chi connectivity index (χ1) is 11.3. The van der Waals surface area contributed by atoms with E-state index in [1.807, 2.05) is 0 Å². The average Bonchev–Trinajstić information content (AvgIpc) is 2.89. The smallest absolute Gasteiger partial charge is 0.302 e. The van der Waals surface area contributed by atoms with Gasteiger partial charge in [-0.2, -0.15) is 0 Å². The highest BCUT2D eigenvalue weighted by atomic mass is 16.8. The van der Waals surface area contributed by atoms with Crippen molar-refractivity contribution in [3.05, 3.63) is 11.6 Å². The number of fused-ring (bicyclic) bond motifs is 3. The number of methoxy groups -OCH3 is 2. The van der Waals surface area contributed by atoms with Gasteiger partial charge in [0, 0.05) is 32.5 Å². The van der Waals surface area contributed by atoms with Crippen LogP contribution < -0.4 is 0 Å². The summed E-state index contributed by atoms with van der Waals surface area (Å²) in [6, 6.07) is 0. The molecule has 6 atom stereocenters. The van der Waals surface area contributed by atoms with Gasteiger partial charge in [-0.15, -0.1) is 0 Å². The van der Waals surface area contributed by atoms with Gasteiger partial charge < -0.3 is 18.9 Å². The van der Waals surface area contributed by atoms with Crippen LogP contribution in [0.2, 0.25) is 0 Å². The van der Waals surface area contributed by atoms with Gasteiger partial charge in [0.15, 0.2) is 12.6 Å². The van der Waals surface area contributed by atoms with Gasteiger partial charge in [0.05, 0.1) is 0 Å². The van der Waals surface area contributed by atoms with E-state index in [9.17, 15) is 4.79 Å². The van der Waals surface area contributed by atoms with Crippen molar-refractivity contribution in [3.8, 4) is 0 Å². The average molecular weight is 338 g/mol. The first-order valence-electron chi connectivity index (χ1n) is 8.84. The molecule has 1 saturated carbocycles. The van der Waals surface area contributed by atoms with Crippen LogP contribution in [0.5, 0.6) is 0 Å². The summed E-state index contributed by atoms with van der Waals surface area (Å²) >= 11 is 0. The van der Waals surface area contributed by atoms with Crippen molar-refractivity contribution < 1.29 is 23.7 Å². The number of carbonyl (C=O) groups is 1. The van der Waals surface area contributed by atoms with E-state index in [0.29, 0.717) is 5.92 Å². The summed E-state index contributed by atoms with van der Waals surface area (Å²) in [4.78, 5) is 11.5. The maximum Gasteiger partial charge on any atom is 0.302 e. The van der Waals surface area contributed by atoms with E-state index in [2.05, 4.69) is 26.8 Å². The Kier molecular flexibility index (Phi) is 4.56. The molecule has 0 radical (unpaired) electrons. The Labute approximate surface area is 144 Å². The Morgan fingerprint density at radius 3 is 2.54 bits per heavy atom. The zero-order valence-corrected chi connectivity index (χ0v) is 15.6. The van der Waals surface area contributed by atoms with E-state index in [1.165, 1.54) is 12.5 Å². The quantitative estimate of drug-likeness (QED) is 0.584. The second-order valence-corrected chi connectivity index (χ2v) is 8.24. The molecule has 5 nitrogen and oxygen atoms in total. The van der Waals surface area contributed by atoms with Gasteiger partial charge in [-0.1, -0.05) is 26.8 Å². The molecule has 1 saturated heterocycles. The van der Waals surface area contributed by atoms with E-state index < -0.39 is 0 Å². The molecule has 2 aliphatic carbocycles. The molecule has 0 N–H and O–H groups in total. The fourth-order valence-electron chi connectivity index (χ4n) is 5.55. The fraction of sp³-hybridized carbons (Fsp3) is 0.842. The van der Waals surface area contributed by atoms with Crippen LogP contribution in [-0.4, -0.2) is 38.9 Å². The van der Waals surface area contributed by atoms with E-state index in [-0.39, 0.29) is 41.4 Å². The molecule has 24 heavy (non-hydrogen) atoms. The van der Waals surface area contributed by atoms with Crippen molar-refractivity contribution in [3.63, 3.8) is 0 Å². The van der Waals surface area contributed by atoms with Crippen molar-refractivity contribution in [2.24, 2.45) is 22.7 Å². The number of esters is 1. The predicted octanol–water partition coefficient (Wildman–Crippen LogP) is 3.28. The number of hydrogen-bond acceptors (Lipinski definition) is 5. The van der Waals surface area contributed by atoms with Crippen LogP contribution in [-0.2, 0) is 23.7 Å². The van der Waals surface area contributed by atoms with Crippen molar-refractivity contribution >= 4 is 5.97 Å². The number of rotatable bonds is 3. The summed E-state index contributed by atoms with van der Waals surface area (Å²) in [6.07, 6.45) is 4.44. The van der Waals surface area contributed by atoms with Crippen molar-refractivity contribution in [2.45, 2.75) is 65.6 Å². The Hall–Kier alpha value is -0.910. The molecule has 2 fully saturated rings. The number of ether oxygens (including phenoxy) is 4. The molecule has 5 heteroatoms. The molecule has 0 amide bonds. The molecule has 1 heterocycles. The molecule has 3 rings (SSSR count). The summed E-state index contributed by atoms with van der Waals surface area (Å²) < 4.78 is 22.8. The molecule has 0 bridgehead atoms. The lowest BCUT2D eigenvalue weighted by atomic mass is 9.48.